The van der Waals surface area contributed by atoms with Crippen molar-refractivity contribution >= 4 is 17.4 Å². The van der Waals surface area contributed by atoms with Crippen LogP contribution in [-0.4, -0.2) is 25.3 Å². The molecule has 5 nitrogen and oxygen atoms in total. The Kier molecular flexibility index (Phi) is 3.02. The molecule has 0 aromatic heterocycles. The first kappa shape index (κ1) is 12.1. The molecule has 18 heavy (non-hydrogen) atoms. The number of likely N-dealkylation sites (N-methyl/N-ethyl adjacent to an activating group) is 1. The summed E-state index contributed by atoms with van der Waals surface area (Å²) in [5.74, 6) is -0.556. The minimum Gasteiger partial charge on any atom is -0.482 e. The van der Waals surface area contributed by atoms with Gasteiger partial charge in [0.1, 0.15) is 11.7 Å². The van der Waals surface area contributed by atoms with Crippen LogP contribution in [0, 0.1) is 17.2 Å². The van der Waals surface area contributed by atoms with Crippen molar-refractivity contribution in [3.63, 3.8) is 0 Å². The van der Waals surface area contributed by atoms with E-state index in [1.165, 1.54) is 4.90 Å². The van der Waals surface area contributed by atoms with Gasteiger partial charge in [0.15, 0.2) is 12.4 Å². The zero-order valence-corrected chi connectivity index (χ0v) is 10.1. The van der Waals surface area contributed by atoms with Crippen LogP contribution in [0.25, 0.3) is 0 Å². The minimum atomic E-state index is -0.700. The van der Waals surface area contributed by atoms with Gasteiger partial charge in [0.25, 0.3) is 5.91 Å². The highest BCUT2D eigenvalue weighted by atomic mass is 16.5. The molecule has 0 fully saturated rings. The van der Waals surface area contributed by atoms with Crippen LogP contribution in [0.2, 0.25) is 0 Å². The van der Waals surface area contributed by atoms with E-state index in [0.29, 0.717) is 17.0 Å². The van der Waals surface area contributed by atoms with E-state index < -0.39 is 5.92 Å². The molecular weight excluding hydrogens is 232 g/mol. The first-order valence-corrected chi connectivity index (χ1v) is 5.52. The summed E-state index contributed by atoms with van der Waals surface area (Å²) in [5, 5.41) is 8.74. The first-order chi connectivity index (χ1) is 8.54. The number of ketones is 1. The number of amides is 1. The highest BCUT2D eigenvalue weighted by Crippen LogP contribution is 2.32. The summed E-state index contributed by atoms with van der Waals surface area (Å²) in [5.41, 5.74) is 0.968. The van der Waals surface area contributed by atoms with Gasteiger partial charge in [-0.25, -0.2) is 0 Å². The molecule has 1 atom stereocenters. The molecule has 0 radical (unpaired) electrons. The number of ether oxygens (including phenoxy) is 1. The molecule has 0 saturated heterocycles. The van der Waals surface area contributed by atoms with E-state index in [1.807, 2.05) is 6.07 Å². The Morgan fingerprint density at radius 3 is 2.94 bits per heavy atom. The molecule has 1 unspecified atom stereocenters. The smallest absolute Gasteiger partial charge is 0.264 e. The van der Waals surface area contributed by atoms with Crippen LogP contribution >= 0.6 is 0 Å². The lowest BCUT2D eigenvalue weighted by atomic mass is 9.99. The van der Waals surface area contributed by atoms with E-state index >= 15 is 0 Å². The number of nitriles is 1. The van der Waals surface area contributed by atoms with Crippen molar-refractivity contribution in [2.45, 2.75) is 6.92 Å². The van der Waals surface area contributed by atoms with Gasteiger partial charge in [-0.15, -0.1) is 0 Å². The largest absolute Gasteiger partial charge is 0.482 e. The van der Waals surface area contributed by atoms with Crippen molar-refractivity contribution in [3.8, 4) is 11.8 Å². The second-order valence-corrected chi connectivity index (χ2v) is 4.14. The maximum Gasteiger partial charge on any atom is 0.264 e. The Labute approximate surface area is 105 Å². The number of carbonyl (C=O) groups is 2. The van der Waals surface area contributed by atoms with Gasteiger partial charge in [0.2, 0.25) is 0 Å². The van der Waals surface area contributed by atoms with E-state index in [2.05, 4.69) is 0 Å². The minimum absolute atomic E-state index is 0.00535. The van der Waals surface area contributed by atoms with Crippen LogP contribution < -0.4 is 9.64 Å². The molecule has 2 rings (SSSR count). The average Bonchev–Trinajstić information content (AvgIpc) is 2.41. The van der Waals surface area contributed by atoms with Crippen LogP contribution in [0.4, 0.5) is 5.69 Å². The summed E-state index contributed by atoms with van der Waals surface area (Å²) in [6.45, 7) is 1.55. The number of benzene rings is 1. The van der Waals surface area contributed by atoms with Gasteiger partial charge in [-0.3, -0.25) is 9.59 Å². The molecular formula is C13H12N2O3. The lowest BCUT2D eigenvalue weighted by molar-refractivity contribution is -0.120. The molecule has 0 spiro atoms. The zero-order chi connectivity index (χ0) is 13.3. The van der Waals surface area contributed by atoms with Crippen molar-refractivity contribution in [2.24, 2.45) is 5.92 Å². The average molecular weight is 244 g/mol. The van der Waals surface area contributed by atoms with Crippen LogP contribution in [0.5, 0.6) is 5.75 Å². The second-order valence-electron chi connectivity index (χ2n) is 4.14. The predicted octanol–water partition coefficient (Wildman–Crippen LogP) is 1.38. The van der Waals surface area contributed by atoms with Gasteiger partial charge in [-0.2, -0.15) is 5.26 Å². The third-order valence-corrected chi connectivity index (χ3v) is 2.92. The third kappa shape index (κ3) is 1.93. The number of rotatable bonds is 2. The zero-order valence-electron chi connectivity index (χ0n) is 10.1. The van der Waals surface area contributed by atoms with E-state index in [0.717, 1.165) is 0 Å². The fourth-order valence-electron chi connectivity index (χ4n) is 1.73. The highest BCUT2D eigenvalue weighted by Gasteiger charge is 2.24. The van der Waals surface area contributed by atoms with Crippen LogP contribution in [0.15, 0.2) is 18.2 Å². The Bertz CT molecular complexity index is 560. The predicted molar refractivity (Wildman–Crippen MR) is 64.5 cm³/mol. The summed E-state index contributed by atoms with van der Waals surface area (Å²) in [4.78, 5) is 24.8. The molecule has 92 valence electrons. The molecule has 5 heteroatoms. The van der Waals surface area contributed by atoms with E-state index in [-0.39, 0.29) is 18.3 Å². The number of anilines is 1. The van der Waals surface area contributed by atoms with E-state index in [9.17, 15) is 9.59 Å². The van der Waals surface area contributed by atoms with Crippen molar-refractivity contribution in [1.82, 2.24) is 0 Å². The number of Topliss-reactive ketones (excluding diaryl/α,β-unsaturated/α-hetero) is 1. The monoisotopic (exact) mass is 244 g/mol. The van der Waals surface area contributed by atoms with Crippen molar-refractivity contribution < 1.29 is 14.3 Å². The number of nitrogens with zero attached hydrogens (tertiary/aromatic N) is 2. The maximum atomic E-state index is 11.9. The van der Waals surface area contributed by atoms with Crippen molar-refractivity contribution in [1.29, 1.82) is 5.26 Å². The topological polar surface area (TPSA) is 70.4 Å². The van der Waals surface area contributed by atoms with Crippen molar-refractivity contribution in [3.05, 3.63) is 23.8 Å². The number of fused-ring (bicyclic) bond motifs is 1. The Hall–Kier alpha value is -2.35. The molecule has 1 aliphatic heterocycles. The first-order valence-electron chi connectivity index (χ1n) is 5.52. The molecule has 0 bridgehead atoms. The highest BCUT2D eigenvalue weighted by molar-refractivity contribution is 6.03. The molecule has 1 aromatic rings. The normalized spacial score (nSPS) is 15.4. The molecule has 1 aliphatic rings. The third-order valence-electron chi connectivity index (χ3n) is 2.92. The quantitative estimate of drug-likeness (QED) is 0.737. The van der Waals surface area contributed by atoms with Crippen LogP contribution in [0.1, 0.15) is 17.3 Å². The van der Waals surface area contributed by atoms with E-state index in [4.69, 9.17) is 10.00 Å². The number of hydrogen-bond donors (Lipinski definition) is 0. The fourth-order valence-corrected chi connectivity index (χ4v) is 1.73. The van der Waals surface area contributed by atoms with Gasteiger partial charge in [-0.1, -0.05) is 0 Å². The fraction of sp³-hybridized carbons (Fsp3) is 0.308. The summed E-state index contributed by atoms with van der Waals surface area (Å²) in [6.07, 6.45) is 0. The Balaban J connectivity index is 2.41. The molecule has 1 amide bonds. The van der Waals surface area contributed by atoms with Gasteiger partial charge < -0.3 is 9.64 Å². The van der Waals surface area contributed by atoms with Gasteiger partial charge in [-0.05, 0) is 25.1 Å². The van der Waals surface area contributed by atoms with Crippen LogP contribution in [0.3, 0.4) is 0 Å². The molecule has 0 aliphatic carbocycles. The van der Waals surface area contributed by atoms with E-state index in [1.54, 1.807) is 32.2 Å². The summed E-state index contributed by atoms with van der Waals surface area (Å²) in [7, 11) is 1.63. The van der Waals surface area contributed by atoms with Gasteiger partial charge in [0.05, 0.1) is 11.8 Å². The standard InChI is InChI=1S/C13H12N2O3/c1-8(6-14)13(17)9-3-4-11-10(5-9)15(2)12(16)7-18-11/h3-5,8H,7H2,1-2H3. The van der Waals surface area contributed by atoms with Crippen LogP contribution in [-0.2, 0) is 4.79 Å². The SMILES string of the molecule is CC(C#N)C(=O)c1ccc2c(c1)N(C)C(=O)CO2. The molecule has 0 saturated carbocycles. The Morgan fingerprint density at radius 1 is 1.56 bits per heavy atom. The van der Waals surface area contributed by atoms with Gasteiger partial charge >= 0.3 is 0 Å². The van der Waals surface area contributed by atoms with Gasteiger partial charge in [0, 0.05) is 12.6 Å². The lowest BCUT2D eigenvalue weighted by Gasteiger charge is -2.26. The number of hydrogen-bond acceptors (Lipinski definition) is 4. The second kappa shape index (κ2) is 4.49. The Morgan fingerprint density at radius 2 is 2.28 bits per heavy atom. The summed E-state index contributed by atoms with van der Waals surface area (Å²) >= 11 is 0. The molecule has 1 heterocycles. The number of carbonyl (C=O) groups excluding carboxylic acids is 2. The summed E-state index contributed by atoms with van der Waals surface area (Å²) in [6, 6.07) is 6.75. The molecule has 0 N–H and O–H groups in total. The van der Waals surface area contributed by atoms with Crippen molar-refractivity contribution in [2.75, 3.05) is 18.6 Å². The summed E-state index contributed by atoms with van der Waals surface area (Å²) < 4.78 is 5.26. The maximum absolute atomic E-state index is 11.9. The lowest BCUT2D eigenvalue weighted by Crippen LogP contribution is -2.35. The molecule has 1 aromatic carbocycles.